The summed E-state index contributed by atoms with van der Waals surface area (Å²) in [6.45, 7) is 1.49. The largest absolute Gasteiger partial charge is 0.288 e. The summed E-state index contributed by atoms with van der Waals surface area (Å²) in [5.74, 6) is -1.61. The average Bonchev–Trinajstić information content (AvgIpc) is 2.73. The number of hydrogen-bond acceptors (Lipinski definition) is 2. The molecule has 0 amide bonds. The standard InChI is InChI=1S/C17H16F2OS/c1-10-7-14(19)12(9-13(10)18)17(20)16-8-11-5-3-2-4-6-15(11)21-16/h7-9H,2-6H2,1H3. The van der Waals surface area contributed by atoms with Gasteiger partial charge in [0.1, 0.15) is 11.6 Å². The fourth-order valence-corrected chi connectivity index (χ4v) is 3.94. The quantitative estimate of drug-likeness (QED) is 0.573. The monoisotopic (exact) mass is 306 g/mol. The molecular formula is C17H16F2OS. The molecule has 3 rings (SSSR count). The SMILES string of the molecule is Cc1cc(F)c(C(=O)c2cc3c(s2)CCCCC3)cc1F. The van der Waals surface area contributed by atoms with Gasteiger partial charge in [0.25, 0.3) is 0 Å². The molecule has 1 aliphatic rings. The van der Waals surface area contributed by atoms with Crippen molar-refractivity contribution in [3.05, 3.63) is 56.3 Å². The maximum atomic E-state index is 13.9. The second-order valence-electron chi connectivity index (χ2n) is 5.53. The highest BCUT2D eigenvalue weighted by atomic mass is 32.1. The summed E-state index contributed by atoms with van der Waals surface area (Å²) in [7, 11) is 0. The number of rotatable bonds is 2. The van der Waals surface area contributed by atoms with Crippen molar-refractivity contribution in [2.75, 3.05) is 0 Å². The van der Waals surface area contributed by atoms with Crippen LogP contribution >= 0.6 is 11.3 Å². The third-order valence-electron chi connectivity index (χ3n) is 3.96. The van der Waals surface area contributed by atoms with Crippen molar-refractivity contribution < 1.29 is 13.6 Å². The Bertz CT molecular complexity index is 680. The number of fused-ring (bicyclic) bond motifs is 1. The zero-order valence-corrected chi connectivity index (χ0v) is 12.7. The Labute approximate surface area is 126 Å². The highest BCUT2D eigenvalue weighted by Gasteiger charge is 2.21. The molecule has 2 aromatic rings. The normalized spacial score (nSPS) is 14.6. The molecule has 1 aromatic heterocycles. The smallest absolute Gasteiger partial charge is 0.206 e. The van der Waals surface area contributed by atoms with Crippen molar-refractivity contribution in [2.24, 2.45) is 0 Å². The van der Waals surface area contributed by atoms with Gasteiger partial charge < -0.3 is 0 Å². The molecule has 1 heterocycles. The maximum Gasteiger partial charge on any atom is 0.206 e. The molecule has 0 saturated carbocycles. The van der Waals surface area contributed by atoms with Gasteiger partial charge in [-0.3, -0.25) is 4.79 Å². The molecule has 21 heavy (non-hydrogen) atoms. The first-order valence-corrected chi connectivity index (χ1v) is 8.00. The Morgan fingerprint density at radius 1 is 1.05 bits per heavy atom. The second-order valence-corrected chi connectivity index (χ2v) is 6.67. The van der Waals surface area contributed by atoms with E-state index in [9.17, 15) is 13.6 Å². The molecule has 0 N–H and O–H groups in total. The fourth-order valence-electron chi connectivity index (χ4n) is 2.73. The minimum Gasteiger partial charge on any atom is -0.288 e. The highest BCUT2D eigenvalue weighted by molar-refractivity contribution is 7.14. The highest BCUT2D eigenvalue weighted by Crippen LogP contribution is 2.31. The van der Waals surface area contributed by atoms with Crippen LogP contribution in [0.3, 0.4) is 0 Å². The van der Waals surface area contributed by atoms with Crippen molar-refractivity contribution in [2.45, 2.75) is 39.0 Å². The van der Waals surface area contributed by atoms with Crippen LogP contribution in [0.5, 0.6) is 0 Å². The van der Waals surface area contributed by atoms with E-state index in [1.54, 1.807) is 0 Å². The first-order chi connectivity index (χ1) is 10.1. The van der Waals surface area contributed by atoms with E-state index in [1.807, 2.05) is 6.07 Å². The lowest BCUT2D eigenvalue weighted by Gasteiger charge is -2.03. The van der Waals surface area contributed by atoms with E-state index < -0.39 is 17.4 Å². The molecule has 1 aromatic carbocycles. The lowest BCUT2D eigenvalue weighted by Crippen LogP contribution is -2.04. The van der Waals surface area contributed by atoms with Crippen molar-refractivity contribution >= 4 is 17.1 Å². The predicted octanol–water partition coefficient (Wildman–Crippen LogP) is 4.83. The summed E-state index contributed by atoms with van der Waals surface area (Å²) >= 11 is 1.43. The van der Waals surface area contributed by atoms with Gasteiger partial charge in [-0.05, 0) is 61.9 Å². The van der Waals surface area contributed by atoms with Gasteiger partial charge in [-0.15, -0.1) is 11.3 Å². The van der Waals surface area contributed by atoms with E-state index in [-0.39, 0.29) is 11.1 Å². The summed E-state index contributed by atoms with van der Waals surface area (Å²) in [5, 5.41) is 0. The van der Waals surface area contributed by atoms with Crippen molar-refractivity contribution in [3.8, 4) is 0 Å². The second kappa shape index (κ2) is 5.68. The molecule has 1 nitrogen and oxygen atoms in total. The van der Waals surface area contributed by atoms with E-state index in [2.05, 4.69) is 0 Å². The third kappa shape index (κ3) is 2.77. The Morgan fingerprint density at radius 2 is 1.81 bits per heavy atom. The number of aryl methyl sites for hydroxylation is 3. The van der Waals surface area contributed by atoms with Crippen LogP contribution in [0.2, 0.25) is 0 Å². The number of thiophene rings is 1. The minimum absolute atomic E-state index is 0.172. The van der Waals surface area contributed by atoms with Gasteiger partial charge in [0.15, 0.2) is 0 Å². The molecule has 0 spiro atoms. The summed E-state index contributed by atoms with van der Waals surface area (Å²) in [6, 6.07) is 3.96. The summed E-state index contributed by atoms with van der Waals surface area (Å²) in [6.07, 6.45) is 5.43. The van der Waals surface area contributed by atoms with E-state index in [4.69, 9.17) is 0 Å². The van der Waals surface area contributed by atoms with Gasteiger partial charge in [-0.1, -0.05) is 6.42 Å². The van der Waals surface area contributed by atoms with Gasteiger partial charge in [-0.2, -0.15) is 0 Å². The van der Waals surface area contributed by atoms with Crippen molar-refractivity contribution in [3.63, 3.8) is 0 Å². The summed E-state index contributed by atoms with van der Waals surface area (Å²) in [5.41, 5.74) is 1.24. The lowest BCUT2D eigenvalue weighted by atomic mass is 10.0. The Kier molecular flexibility index (Phi) is 3.89. The predicted molar refractivity (Wildman–Crippen MR) is 80.1 cm³/mol. The molecule has 0 radical (unpaired) electrons. The molecule has 110 valence electrons. The number of benzene rings is 1. The number of carbonyl (C=O) groups excluding carboxylic acids is 1. The van der Waals surface area contributed by atoms with Gasteiger partial charge in [0.05, 0.1) is 10.4 Å². The Balaban J connectivity index is 1.97. The van der Waals surface area contributed by atoms with Crippen LogP contribution in [-0.4, -0.2) is 5.78 Å². The summed E-state index contributed by atoms with van der Waals surface area (Å²) in [4.78, 5) is 14.2. The van der Waals surface area contributed by atoms with Crippen molar-refractivity contribution in [1.29, 1.82) is 0 Å². The first kappa shape index (κ1) is 14.4. The molecule has 0 unspecified atom stereocenters. The van der Waals surface area contributed by atoms with Gasteiger partial charge in [-0.25, -0.2) is 8.78 Å². The maximum absolute atomic E-state index is 13.9. The van der Waals surface area contributed by atoms with Gasteiger partial charge in [0, 0.05) is 4.88 Å². The van der Waals surface area contributed by atoms with Gasteiger partial charge >= 0.3 is 0 Å². The zero-order chi connectivity index (χ0) is 15.0. The van der Waals surface area contributed by atoms with Crippen LogP contribution in [0.4, 0.5) is 8.78 Å². The molecular weight excluding hydrogens is 290 g/mol. The van der Waals surface area contributed by atoms with Crippen LogP contribution in [0.15, 0.2) is 18.2 Å². The third-order valence-corrected chi connectivity index (χ3v) is 5.20. The summed E-state index contributed by atoms with van der Waals surface area (Å²) < 4.78 is 27.5. The topological polar surface area (TPSA) is 17.1 Å². The Hall–Kier alpha value is -1.55. The van der Waals surface area contributed by atoms with Crippen LogP contribution in [0, 0.1) is 18.6 Å². The van der Waals surface area contributed by atoms with E-state index in [0.29, 0.717) is 4.88 Å². The fraction of sp³-hybridized carbons (Fsp3) is 0.353. The molecule has 1 aliphatic carbocycles. The average molecular weight is 306 g/mol. The number of carbonyl (C=O) groups is 1. The van der Waals surface area contributed by atoms with Crippen LogP contribution < -0.4 is 0 Å². The lowest BCUT2D eigenvalue weighted by molar-refractivity contribution is 0.103. The molecule has 0 fully saturated rings. The number of halogens is 2. The van der Waals surface area contributed by atoms with E-state index in [1.165, 1.54) is 35.1 Å². The molecule has 4 heteroatoms. The van der Waals surface area contributed by atoms with Gasteiger partial charge in [0.2, 0.25) is 5.78 Å². The van der Waals surface area contributed by atoms with Crippen LogP contribution in [-0.2, 0) is 12.8 Å². The van der Waals surface area contributed by atoms with Crippen LogP contribution in [0.1, 0.15) is 50.5 Å². The van der Waals surface area contributed by atoms with E-state index in [0.717, 1.165) is 37.8 Å². The minimum atomic E-state index is -0.650. The molecule has 0 bridgehead atoms. The Morgan fingerprint density at radius 3 is 2.62 bits per heavy atom. The number of hydrogen-bond donors (Lipinski definition) is 0. The van der Waals surface area contributed by atoms with E-state index >= 15 is 0 Å². The van der Waals surface area contributed by atoms with Crippen molar-refractivity contribution in [1.82, 2.24) is 0 Å². The molecule has 0 atom stereocenters. The molecule has 0 aliphatic heterocycles. The number of ketones is 1. The van der Waals surface area contributed by atoms with Crippen LogP contribution in [0.25, 0.3) is 0 Å². The zero-order valence-electron chi connectivity index (χ0n) is 11.8. The first-order valence-electron chi connectivity index (χ1n) is 7.18. The molecule has 0 saturated heterocycles.